The Labute approximate surface area is 116 Å². The largest absolute Gasteiger partial charge is 0.482 e. The van der Waals surface area contributed by atoms with E-state index in [0.717, 1.165) is 5.39 Å². The first kappa shape index (κ1) is 14.1. The molecule has 0 atom stereocenters. The Bertz CT molecular complexity index is 633. The highest BCUT2D eigenvalue weighted by Gasteiger charge is 2.16. The number of furan rings is 1. The van der Waals surface area contributed by atoms with Gasteiger partial charge in [0.25, 0.3) is 0 Å². The lowest BCUT2D eigenvalue weighted by atomic mass is 10.2. The maximum Gasteiger partial charge on any atom is 0.344 e. The van der Waals surface area contributed by atoms with E-state index < -0.39 is 11.6 Å². The van der Waals surface area contributed by atoms with Crippen molar-refractivity contribution >= 4 is 23.2 Å². The number of hydrogen-bond donors (Lipinski definition) is 0. The predicted octanol–water partition coefficient (Wildman–Crippen LogP) is 2.97. The highest BCUT2D eigenvalue weighted by Crippen LogP contribution is 2.23. The Hall–Kier alpha value is -2.30. The molecule has 20 heavy (non-hydrogen) atoms. The molecule has 0 aliphatic carbocycles. The van der Waals surface area contributed by atoms with Gasteiger partial charge in [0, 0.05) is 5.39 Å². The molecule has 2 aromatic rings. The summed E-state index contributed by atoms with van der Waals surface area (Å²) in [6.45, 7) is 5.22. The molecule has 1 heterocycles. The van der Waals surface area contributed by atoms with Crippen LogP contribution in [0.1, 0.15) is 31.3 Å². The molecule has 1 aromatic heterocycles. The molecule has 0 unspecified atom stereocenters. The van der Waals surface area contributed by atoms with Crippen LogP contribution in [-0.4, -0.2) is 24.5 Å². The number of carbonyl (C=O) groups excluding carboxylic acids is 2. The highest BCUT2D eigenvalue weighted by atomic mass is 16.6. The van der Waals surface area contributed by atoms with Crippen LogP contribution in [0.2, 0.25) is 0 Å². The lowest BCUT2D eigenvalue weighted by Crippen LogP contribution is -2.27. The zero-order valence-corrected chi connectivity index (χ0v) is 11.6. The van der Waals surface area contributed by atoms with Crippen molar-refractivity contribution in [2.24, 2.45) is 0 Å². The Morgan fingerprint density at radius 2 is 2.05 bits per heavy atom. The number of hydrogen-bond acceptors (Lipinski definition) is 5. The Kier molecular flexibility index (Phi) is 3.79. The van der Waals surface area contributed by atoms with E-state index in [4.69, 9.17) is 13.9 Å². The molecule has 2 rings (SSSR count). The van der Waals surface area contributed by atoms with Crippen LogP contribution >= 0.6 is 0 Å². The molecular formula is C15H16O5. The van der Waals surface area contributed by atoms with Crippen molar-refractivity contribution in [3.63, 3.8) is 0 Å². The third-order valence-electron chi connectivity index (χ3n) is 2.40. The third-order valence-corrected chi connectivity index (χ3v) is 2.40. The summed E-state index contributed by atoms with van der Waals surface area (Å²) in [4.78, 5) is 22.2. The van der Waals surface area contributed by atoms with Gasteiger partial charge in [0.15, 0.2) is 18.7 Å². The van der Waals surface area contributed by atoms with Gasteiger partial charge in [-0.15, -0.1) is 0 Å². The SMILES string of the molecule is CC(C)(C)OC(=O)COc1ccc2oc(C=O)cc2c1. The molecule has 0 spiro atoms. The van der Waals surface area contributed by atoms with Gasteiger partial charge >= 0.3 is 5.97 Å². The predicted molar refractivity (Wildman–Crippen MR) is 72.9 cm³/mol. The van der Waals surface area contributed by atoms with Crippen LogP contribution in [0.5, 0.6) is 5.75 Å². The molecule has 0 fully saturated rings. The van der Waals surface area contributed by atoms with Gasteiger partial charge in [0.1, 0.15) is 16.9 Å². The van der Waals surface area contributed by atoms with Gasteiger partial charge in [0.2, 0.25) is 0 Å². The molecule has 0 amide bonds. The Balaban J connectivity index is 2.03. The lowest BCUT2D eigenvalue weighted by molar-refractivity contribution is -0.157. The molecule has 0 saturated heterocycles. The van der Waals surface area contributed by atoms with Crippen molar-refractivity contribution in [1.82, 2.24) is 0 Å². The monoisotopic (exact) mass is 276 g/mol. The summed E-state index contributed by atoms with van der Waals surface area (Å²) in [5.41, 5.74) is 0.0603. The number of esters is 1. The second-order valence-electron chi connectivity index (χ2n) is 5.34. The van der Waals surface area contributed by atoms with Gasteiger partial charge in [-0.3, -0.25) is 4.79 Å². The third kappa shape index (κ3) is 3.60. The number of carbonyl (C=O) groups is 2. The molecule has 1 aromatic carbocycles. The van der Waals surface area contributed by atoms with E-state index >= 15 is 0 Å². The average molecular weight is 276 g/mol. The highest BCUT2D eigenvalue weighted by molar-refractivity contribution is 5.86. The van der Waals surface area contributed by atoms with E-state index in [9.17, 15) is 9.59 Å². The van der Waals surface area contributed by atoms with E-state index in [1.54, 1.807) is 45.0 Å². The molecule has 0 saturated carbocycles. The van der Waals surface area contributed by atoms with Gasteiger partial charge in [0.05, 0.1) is 0 Å². The second kappa shape index (κ2) is 5.36. The van der Waals surface area contributed by atoms with Crippen LogP contribution in [0.4, 0.5) is 0 Å². The number of rotatable bonds is 4. The summed E-state index contributed by atoms with van der Waals surface area (Å²) in [6, 6.07) is 6.68. The minimum atomic E-state index is -0.534. The maximum absolute atomic E-state index is 11.5. The van der Waals surface area contributed by atoms with Crippen molar-refractivity contribution in [3.8, 4) is 5.75 Å². The number of fused-ring (bicyclic) bond motifs is 1. The van der Waals surface area contributed by atoms with Crippen LogP contribution in [0.15, 0.2) is 28.7 Å². The average Bonchev–Trinajstić information content (AvgIpc) is 2.76. The van der Waals surface area contributed by atoms with E-state index in [1.165, 1.54) is 0 Å². The van der Waals surface area contributed by atoms with Crippen LogP contribution in [0.25, 0.3) is 11.0 Å². The van der Waals surface area contributed by atoms with E-state index in [0.29, 0.717) is 17.6 Å². The molecular weight excluding hydrogens is 260 g/mol. The van der Waals surface area contributed by atoms with E-state index in [-0.39, 0.29) is 12.4 Å². The van der Waals surface area contributed by atoms with Gasteiger partial charge in [-0.2, -0.15) is 0 Å². The molecule has 5 nitrogen and oxygen atoms in total. The van der Waals surface area contributed by atoms with E-state index in [1.807, 2.05) is 0 Å². The first-order valence-electron chi connectivity index (χ1n) is 6.21. The van der Waals surface area contributed by atoms with Crippen molar-refractivity contribution in [1.29, 1.82) is 0 Å². The van der Waals surface area contributed by atoms with Crippen molar-refractivity contribution in [2.45, 2.75) is 26.4 Å². The molecule has 0 aliphatic heterocycles. The Morgan fingerprint density at radius 3 is 2.70 bits per heavy atom. The minimum Gasteiger partial charge on any atom is -0.482 e. The van der Waals surface area contributed by atoms with Crippen LogP contribution < -0.4 is 4.74 Å². The van der Waals surface area contributed by atoms with Gasteiger partial charge in [-0.1, -0.05) is 0 Å². The molecule has 0 bridgehead atoms. The van der Waals surface area contributed by atoms with Crippen molar-refractivity contribution in [2.75, 3.05) is 6.61 Å². The first-order chi connectivity index (χ1) is 9.37. The summed E-state index contributed by atoms with van der Waals surface area (Å²) in [7, 11) is 0. The summed E-state index contributed by atoms with van der Waals surface area (Å²) < 4.78 is 15.7. The molecule has 5 heteroatoms. The topological polar surface area (TPSA) is 65.7 Å². The summed E-state index contributed by atoms with van der Waals surface area (Å²) in [6.07, 6.45) is 0.640. The van der Waals surface area contributed by atoms with Crippen molar-refractivity contribution in [3.05, 3.63) is 30.0 Å². The summed E-state index contributed by atoms with van der Waals surface area (Å²) in [5, 5.41) is 0.744. The van der Waals surface area contributed by atoms with E-state index in [2.05, 4.69) is 0 Å². The molecule has 106 valence electrons. The fourth-order valence-corrected chi connectivity index (χ4v) is 1.70. The summed E-state index contributed by atoms with van der Waals surface area (Å²) >= 11 is 0. The van der Waals surface area contributed by atoms with Gasteiger partial charge in [-0.05, 0) is 45.0 Å². The first-order valence-corrected chi connectivity index (χ1v) is 6.21. The van der Waals surface area contributed by atoms with Gasteiger partial charge in [-0.25, -0.2) is 4.79 Å². The standard InChI is InChI=1S/C15H16O5/c1-15(2,3)20-14(17)9-18-11-4-5-13-10(6-11)7-12(8-16)19-13/h4-8H,9H2,1-3H3. The van der Waals surface area contributed by atoms with Crippen molar-refractivity contribution < 1.29 is 23.5 Å². The minimum absolute atomic E-state index is 0.166. The summed E-state index contributed by atoms with van der Waals surface area (Å²) in [5.74, 6) is 0.337. The normalized spacial score (nSPS) is 11.3. The number of ether oxygens (including phenoxy) is 2. The van der Waals surface area contributed by atoms with Crippen LogP contribution in [0.3, 0.4) is 0 Å². The lowest BCUT2D eigenvalue weighted by Gasteiger charge is -2.19. The number of benzene rings is 1. The zero-order valence-electron chi connectivity index (χ0n) is 11.6. The molecule has 0 N–H and O–H groups in total. The molecule has 0 aliphatic rings. The number of aldehydes is 1. The van der Waals surface area contributed by atoms with Crippen LogP contribution in [0, 0.1) is 0 Å². The quantitative estimate of drug-likeness (QED) is 0.634. The fourth-order valence-electron chi connectivity index (χ4n) is 1.70. The van der Waals surface area contributed by atoms with Gasteiger partial charge < -0.3 is 13.9 Å². The maximum atomic E-state index is 11.5. The Morgan fingerprint density at radius 1 is 1.30 bits per heavy atom. The molecule has 0 radical (unpaired) electrons. The smallest absolute Gasteiger partial charge is 0.344 e. The zero-order chi connectivity index (χ0) is 14.8. The fraction of sp³-hybridized carbons (Fsp3) is 0.333. The second-order valence-corrected chi connectivity index (χ2v) is 5.34. The van der Waals surface area contributed by atoms with Crippen LogP contribution in [-0.2, 0) is 9.53 Å².